The Balaban J connectivity index is 1.08. The van der Waals surface area contributed by atoms with Crippen LogP contribution in [0.1, 0.15) is 0 Å². The number of fused-ring (bicyclic) bond motifs is 6. The van der Waals surface area contributed by atoms with Gasteiger partial charge >= 0.3 is 0 Å². The van der Waals surface area contributed by atoms with Crippen LogP contribution in [0.15, 0.2) is 237 Å². The highest BCUT2D eigenvalue weighted by molar-refractivity contribution is 6.10. The summed E-state index contributed by atoms with van der Waals surface area (Å²) in [6.45, 7) is 0. The second-order valence-electron chi connectivity index (χ2n) is 16.0. The van der Waals surface area contributed by atoms with Crippen molar-refractivity contribution in [3.8, 4) is 67.3 Å². The Morgan fingerprint density at radius 2 is 0.532 bits per heavy atom. The van der Waals surface area contributed by atoms with Crippen LogP contribution in [-0.4, -0.2) is 14.1 Å². The molecular weight excluding hydrogens is 751 g/mol. The fourth-order valence-corrected chi connectivity index (χ4v) is 9.39. The van der Waals surface area contributed by atoms with Crippen molar-refractivity contribution in [3.63, 3.8) is 0 Å². The van der Waals surface area contributed by atoms with E-state index in [1.165, 1.54) is 65.9 Å². The first-order valence-electron chi connectivity index (χ1n) is 21.2. The zero-order chi connectivity index (χ0) is 41.0. The van der Waals surface area contributed by atoms with Crippen molar-refractivity contribution in [2.45, 2.75) is 0 Å². The third-order valence-corrected chi connectivity index (χ3v) is 12.3. The highest BCUT2D eigenvalue weighted by Crippen LogP contribution is 2.39. The summed E-state index contributed by atoms with van der Waals surface area (Å²) in [5.74, 6) is 0. The van der Waals surface area contributed by atoms with Gasteiger partial charge in [0.2, 0.25) is 0 Å². The number of nitrogens with zero attached hydrogens (tertiary/aromatic N) is 3. The highest BCUT2D eigenvalue weighted by Gasteiger charge is 2.17. The topological polar surface area (TPSA) is 22.8 Å². The van der Waals surface area contributed by atoms with Crippen LogP contribution in [0, 0.1) is 0 Å². The second-order valence-corrected chi connectivity index (χ2v) is 16.0. The lowest BCUT2D eigenvalue weighted by molar-refractivity contribution is 1.17. The molecule has 0 radical (unpaired) electrons. The van der Waals surface area contributed by atoms with Crippen molar-refractivity contribution in [2.24, 2.45) is 0 Å². The van der Waals surface area contributed by atoms with Gasteiger partial charge < -0.3 is 9.13 Å². The van der Waals surface area contributed by atoms with E-state index in [4.69, 9.17) is 4.98 Å². The minimum absolute atomic E-state index is 0.911. The van der Waals surface area contributed by atoms with Crippen LogP contribution in [0.5, 0.6) is 0 Å². The molecule has 0 saturated carbocycles. The van der Waals surface area contributed by atoms with Crippen molar-refractivity contribution in [2.75, 3.05) is 0 Å². The smallest absolute Gasteiger partial charge is 0.0716 e. The van der Waals surface area contributed by atoms with Gasteiger partial charge in [-0.1, -0.05) is 158 Å². The number of hydrogen-bond acceptors (Lipinski definition) is 1. The molecule has 0 spiro atoms. The van der Waals surface area contributed by atoms with Gasteiger partial charge in [-0.05, 0) is 112 Å². The molecule has 62 heavy (non-hydrogen) atoms. The maximum atomic E-state index is 5.54. The maximum Gasteiger partial charge on any atom is 0.0716 e. The molecule has 0 N–H and O–H groups in total. The lowest BCUT2D eigenvalue weighted by Gasteiger charge is -2.15. The summed E-state index contributed by atoms with van der Waals surface area (Å²) < 4.78 is 4.76. The first-order chi connectivity index (χ1) is 30.7. The van der Waals surface area contributed by atoms with E-state index in [1.54, 1.807) is 0 Å². The molecule has 3 nitrogen and oxygen atoms in total. The largest absolute Gasteiger partial charge is 0.309 e. The molecule has 0 bridgehead atoms. The molecular formula is C59H39N3. The van der Waals surface area contributed by atoms with Crippen LogP contribution < -0.4 is 0 Å². The van der Waals surface area contributed by atoms with Gasteiger partial charge in [-0.2, -0.15) is 0 Å². The third-order valence-electron chi connectivity index (χ3n) is 12.3. The molecule has 3 aromatic heterocycles. The lowest BCUT2D eigenvalue weighted by Crippen LogP contribution is -1.97. The van der Waals surface area contributed by atoms with E-state index in [0.717, 1.165) is 45.0 Å². The number of benzene rings is 9. The van der Waals surface area contributed by atoms with Crippen molar-refractivity contribution >= 4 is 43.6 Å². The molecule has 3 heteroatoms. The summed E-state index contributed by atoms with van der Waals surface area (Å²) in [6.07, 6.45) is 0. The second kappa shape index (κ2) is 14.8. The van der Waals surface area contributed by atoms with Crippen LogP contribution in [0.3, 0.4) is 0 Å². The summed E-state index contributed by atoms with van der Waals surface area (Å²) in [5.41, 5.74) is 17.8. The number of para-hydroxylation sites is 4. The molecule has 0 unspecified atom stereocenters. The van der Waals surface area contributed by atoms with Gasteiger partial charge in [0.05, 0.1) is 33.5 Å². The Hall–Kier alpha value is -8.27. The average molecular weight is 790 g/mol. The van der Waals surface area contributed by atoms with E-state index in [-0.39, 0.29) is 0 Å². The molecule has 12 rings (SSSR count). The van der Waals surface area contributed by atoms with Crippen LogP contribution >= 0.6 is 0 Å². The molecule has 0 saturated heterocycles. The Labute approximate surface area is 360 Å². The Morgan fingerprint density at radius 3 is 0.919 bits per heavy atom. The first kappa shape index (κ1) is 35.7. The fourth-order valence-electron chi connectivity index (χ4n) is 9.39. The van der Waals surface area contributed by atoms with E-state index in [9.17, 15) is 0 Å². The van der Waals surface area contributed by atoms with Gasteiger partial charge in [0.25, 0.3) is 0 Å². The molecule has 0 aliphatic heterocycles. The molecule has 0 atom stereocenters. The Kier molecular flexibility index (Phi) is 8.50. The first-order valence-corrected chi connectivity index (χ1v) is 21.2. The van der Waals surface area contributed by atoms with Gasteiger partial charge in [-0.15, -0.1) is 0 Å². The van der Waals surface area contributed by atoms with Gasteiger partial charge in [0.15, 0.2) is 0 Å². The van der Waals surface area contributed by atoms with Gasteiger partial charge in [-0.3, -0.25) is 0 Å². The number of rotatable bonds is 7. The quantitative estimate of drug-likeness (QED) is 0.158. The van der Waals surface area contributed by atoms with Crippen molar-refractivity contribution in [1.82, 2.24) is 14.1 Å². The number of aromatic nitrogens is 3. The molecule has 0 aliphatic carbocycles. The average Bonchev–Trinajstić information content (AvgIpc) is 3.87. The van der Waals surface area contributed by atoms with E-state index >= 15 is 0 Å². The van der Waals surface area contributed by atoms with Crippen molar-refractivity contribution in [1.29, 1.82) is 0 Å². The molecule has 0 aliphatic rings. The zero-order valence-electron chi connectivity index (χ0n) is 33.9. The van der Waals surface area contributed by atoms with Gasteiger partial charge in [0, 0.05) is 44.0 Å². The highest BCUT2D eigenvalue weighted by atomic mass is 15.0. The normalized spacial score (nSPS) is 11.5. The fraction of sp³-hybridized carbons (Fsp3) is 0. The van der Waals surface area contributed by atoms with E-state index in [1.807, 2.05) is 0 Å². The van der Waals surface area contributed by atoms with Gasteiger partial charge in [0.1, 0.15) is 0 Å². The Morgan fingerprint density at radius 1 is 0.226 bits per heavy atom. The standard InChI is InChI=1S/C59H39N3/c1-3-17-40(18-4-1)44-33-45(41-19-5-2-6-20-41)35-46(34-44)47-38-54(42-21-15-23-48(36-42)61-56-29-11-7-25-50(56)51-26-8-12-30-57(51)61)60-55(39-47)43-22-16-24-49(37-43)62-58-31-13-9-27-52(58)53-28-10-14-32-59(53)62/h1-39H. The SMILES string of the molecule is c1ccc(-c2cc(-c3ccccc3)cc(-c3cc(-c4cccc(-n5c6ccccc6c6ccccc65)c4)nc(-c4cccc(-n5c6ccccc6c6ccccc65)c4)c3)c2)cc1. The van der Waals surface area contributed by atoms with Crippen molar-refractivity contribution < 1.29 is 0 Å². The van der Waals surface area contributed by atoms with E-state index < -0.39 is 0 Å². The monoisotopic (exact) mass is 789 g/mol. The minimum Gasteiger partial charge on any atom is -0.309 e. The predicted molar refractivity (Wildman–Crippen MR) is 260 cm³/mol. The minimum atomic E-state index is 0.911. The summed E-state index contributed by atoms with van der Waals surface area (Å²) in [6, 6.07) is 85.3. The molecule has 0 fully saturated rings. The number of pyridine rings is 1. The maximum absolute atomic E-state index is 5.54. The van der Waals surface area contributed by atoms with Crippen molar-refractivity contribution in [3.05, 3.63) is 237 Å². The summed E-state index contributed by atoms with van der Waals surface area (Å²) in [5, 5.41) is 4.97. The van der Waals surface area contributed by atoms with Crippen LogP contribution in [0.4, 0.5) is 0 Å². The Bertz CT molecular complexity index is 3290. The summed E-state index contributed by atoms with van der Waals surface area (Å²) in [7, 11) is 0. The van der Waals surface area contributed by atoms with Crippen LogP contribution in [0.2, 0.25) is 0 Å². The van der Waals surface area contributed by atoms with E-state index in [0.29, 0.717) is 0 Å². The molecule has 0 amide bonds. The molecule has 290 valence electrons. The summed E-state index contributed by atoms with van der Waals surface area (Å²) >= 11 is 0. The van der Waals surface area contributed by atoms with Crippen LogP contribution in [-0.2, 0) is 0 Å². The van der Waals surface area contributed by atoms with E-state index in [2.05, 4.69) is 246 Å². The third kappa shape index (κ3) is 6.10. The molecule has 3 heterocycles. The van der Waals surface area contributed by atoms with Gasteiger partial charge in [-0.25, -0.2) is 4.98 Å². The van der Waals surface area contributed by atoms with Crippen LogP contribution in [0.25, 0.3) is 111 Å². The molecule has 9 aromatic carbocycles. The lowest BCUT2D eigenvalue weighted by atomic mass is 9.92. The molecule has 12 aromatic rings. The summed E-state index contributed by atoms with van der Waals surface area (Å²) in [4.78, 5) is 5.54. The zero-order valence-corrected chi connectivity index (χ0v) is 33.9. The number of hydrogen-bond donors (Lipinski definition) is 0. The predicted octanol–water partition coefficient (Wildman–Crippen LogP) is 15.6.